The number of rotatable bonds is 6. The minimum absolute atomic E-state index is 0.0202. The molecule has 1 unspecified atom stereocenters. The lowest BCUT2D eigenvalue weighted by atomic mass is 9.98. The lowest BCUT2D eigenvalue weighted by Crippen LogP contribution is -2.57. The highest BCUT2D eigenvalue weighted by atomic mass is 16.5. The molecule has 2 aromatic rings. The second kappa shape index (κ2) is 8.76. The lowest BCUT2D eigenvalue weighted by Gasteiger charge is -2.37. The first kappa shape index (κ1) is 22.4. The molecule has 2 aromatic carbocycles. The molecule has 1 saturated carbocycles. The fourth-order valence-electron chi connectivity index (χ4n) is 5.12. The molecule has 2 amide bonds. The SMILES string of the molecule is CN1CCN(C(=O)CC2(NC(=O)OCC3c4ccccc4-c4ccccc43)CC2)CC1C(=O)O. The highest BCUT2D eigenvalue weighted by Gasteiger charge is 2.47. The van der Waals surface area contributed by atoms with Crippen LogP contribution in [0, 0.1) is 0 Å². The van der Waals surface area contributed by atoms with E-state index in [1.807, 2.05) is 24.3 Å². The number of likely N-dealkylation sites (N-methyl/N-ethyl adjacent to an activating group) is 1. The van der Waals surface area contributed by atoms with Crippen molar-refractivity contribution in [1.82, 2.24) is 15.1 Å². The monoisotopic (exact) mass is 463 g/mol. The van der Waals surface area contributed by atoms with Gasteiger partial charge in [-0.25, -0.2) is 4.79 Å². The van der Waals surface area contributed by atoms with Gasteiger partial charge in [0.25, 0.3) is 0 Å². The van der Waals surface area contributed by atoms with Gasteiger partial charge in [0.15, 0.2) is 0 Å². The van der Waals surface area contributed by atoms with E-state index in [1.165, 1.54) is 11.1 Å². The number of nitrogens with zero attached hydrogens (tertiary/aromatic N) is 2. The van der Waals surface area contributed by atoms with Crippen LogP contribution in [0.25, 0.3) is 11.1 Å². The summed E-state index contributed by atoms with van der Waals surface area (Å²) >= 11 is 0. The fraction of sp³-hybridized carbons (Fsp3) is 0.423. The van der Waals surface area contributed by atoms with Gasteiger partial charge in [-0.2, -0.15) is 0 Å². The maximum absolute atomic E-state index is 12.9. The van der Waals surface area contributed by atoms with E-state index in [4.69, 9.17) is 4.74 Å². The average molecular weight is 464 g/mol. The van der Waals surface area contributed by atoms with Crippen molar-refractivity contribution < 1.29 is 24.2 Å². The minimum atomic E-state index is -0.933. The van der Waals surface area contributed by atoms with E-state index in [1.54, 1.807) is 16.8 Å². The average Bonchev–Trinajstić information content (AvgIpc) is 3.49. The molecule has 2 N–H and O–H groups in total. The molecule has 34 heavy (non-hydrogen) atoms. The number of fused-ring (bicyclic) bond motifs is 3. The van der Waals surface area contributed by atoms with Crippen molar-refractivity contribution in [1.29, 1.82) is 0 Å². The van der Waals surface area contributed by atoms with Crippen molar-refractivity contribution in [3.63, 3.8) is 0 Å². The summed E-state index contributed by atoms with van der Waals surface area (Å²) in [6.45, 7) is 1.38. The Balaban J connectivity index is 1.18. The Morgan fingerprint density at radius 3 is 2.24 bits per heavy atom. The van der Waals surface area contributed by atoms with Crippen molar-refractivity contribution in [2.75, 3.05) is 33.3 Å². The van der Waals surface area contributed by atoms with Gasteiger partial charge in [-0.1, -0.05) is 48.5 Å². The van der Waals surface area contributed by atoms with E-state index in [0.29, 0.717) is 25.9 Å². The van der Waals surface area contributed by atoms with E-state index >= 15 is 0 Å². The Labute approximate surface area is 198 Å². The molecule has 1 atom stereocenters. The standard InChI is InChI=1S/C26H29N3O5/c1-28-12-13-29(15-22(28)24(31)32)23(30)14-26(10-11-26)27-25(33)34-16-21-19-8-4-2-6-17(19)18-7-3-5-9-20(18)21/h2-9,21-22H,10-16H2,1H3,(H,27,33)(H,31,32). The number of nitrogens with one attached hydrogen (secondary N) is 1. The van der Waals surface area contributed by atoms with Crippen LogP contribution in [0.5, 0.6) is 0 Å². The number of piperazine rings is 1. The molecular formula is C26H29N3O5. The van der Waals surface area contributed by atoms with E-state index < -0.39 is 23.6 Å². The summed E-state index contributed by atoms with van der Waals surface area (Å²) in [5.74, 6) is -1.08. The van der Waals surface area contributed by atoms with Gasteiger partial charge in [-0.05, 0) is 42.1 Å². The maximum Gasteiger partial charge on any atom is 0.407 e. The molecule has 8 heteroatoms. The fourth-order valence-corrected chi connectivity index (χ4v) is 5.12. The zero-order valence-electron chi connectivity index (χ0n) is 19.2. The van der Waals surface area contributed by atoms with Crippen LogP contribution in [-0.4, -0.2) is 77.7 Å². The van der Waals surface area contributed by atoms with Gasteiger partial charge in [0, 0.05) is 25.6 Å². The Bertz CT molecular complexity index is 1080. The summed E-state index contributed by atoms with van der Waals surface area (Å²) in [5, 5.41) is 12.3. The summed E-state index contributed by atoms with van der Waals surface area (Å²) in [7, 11) is 1.75. The number of amides is 2. The quantitative estimate of drug-likeness (QED) is 0.684. The summed E-state index contributed by atoms with van der Waals surface area (Å²) in [5.41, 5.74) is 4.04. The molecule has 1 aliphatic heterocycles. The highest BCUT2D eigenvalue weighted by Crippen LogP contribution is 2.44. The topological polar surface area (TPSA) is 99.2 Å². The normalized spacial score (nSPS) is 20.9. The van der Waals surface area contributed by atoms with E-state index in [2.05, 4.69) is 29.6 Å². The first-order valence-electron chi connectivity index (χ1n) is 11.7. The zero-order valence-corrected chi connectivity index (χ0v) is 19.2. The third-order valence-electron chi connectivity index (χ3n) is 7.34. The van der Waals surface area contributed by atoms with Crippen LogP contribution in [0.4, 0.5) is 4.79 Å². The molecular weight excluding hydrogens is 434 g/mol. The largest absolute Gasteiger partial charge is 0.480 e. The van der Waals surface area contributed by atoms with Gasteiger partial charge in [0.1, 0.15) is 12.6 Å². The third kappa shape index (κ3) is 4.25. The number of carboxylic acid groups (broad SMARTS) is 1. The zero-order chi connectivity index (χ0) is 23.9. The Kier molecular flexibility index (Phi) is 5.77. The van der Waals surface area contributed by atoms with Crippen molar-refractivity contribution in [2.24, 2.45) is 0 Å². The molecule has 178 valence electrons. The van der Waals surface area contributed by atoms with Gasteiger partial charge >= 0.3 is 12.1 Å². The molecule has 2 aliphatic carbocycles. The molecule has 0 spiro atoms. The number of alkyl carbamates (subject to hydrolysis) is 1. The molecule has 5 rings (SSSR count). The third-order valence-corrected chi connectivity index (χ3v) is 7.34. The predicted octanol–water partition coefficient (Wildman–Crippen LogP) is 2.68. The smallest absolute Gasteiger partial charge is 0.407 e. The number of ether oxygens (including phenoxy) is 1. The van der Waals surface area contributed by atoms with Crippen LogP contribution in [0.15, 0.2) is 48.5 Å². The first-order chi connectivity index (χ1) is 16.4. The molecule has 0 aromatic heterocycles. The summed E-state index contributed by atoms with van der Waals surface area (Å²) in [4.78, 5) is 40.4. The summed E-state index contributed by atoms with van der Waals surface area (Å²) in [6, 6.07) is 15.6. The predicted molar refractivity (Wildman–Crippen MR) is 125 cm³/mol. The summed E-state index contributed by atoms with van der Waals surface area (Å²) in [6.07, 6.45) is 1.06. The van der Waals surface area contributed by atoms with Gasteiger partial charge < -0.3 is 20.1 Å². The highest BCUT2D eigenvalue weighted by molar-refractivity contribution is 5.82. The molecule has 8 nitrogen and oxygen atoms in total. The van der Waals surface area contributed by atoms with Gasteiger partial charge in [-0.3, -0.25) is 14.5 Å². The molecule has 2 fully saturated rings. The Morgan fingerprint density at radius 2 is 1.65 bits per heavy atom. The van der Waals surface area contributed by atoms with Crippen molar-refractivity contribution in [3.05, 3.63) is 59.7 Å². The first-order valence-corrected chi connectivity index (χ1v) is 11.7. The second-order valence-corrected chi connectivity index (χ2v) is 9.58. The number of carboxylic acids is 1. The van der Waals surface area contributed by atoms with E-state index in [9.17, 15) is 19.5 Å². The number of hydrogen-bond donors (Lipinski definition) is 2. The van der Waals surface area contributed by atoms with Crippen molar-refractivity contribution >= 4 is 18.0 Å². The Hall–Kier alpha value is -3.39. The van der Waals surface area contributed by atoms with Crippen molar-refractivity contribution in [2.45, 2.75) is 36.8 Å². The Morgan fingerprint density at radius 1 is 1.03 bits per heavy atom. The number of hydrogen-bond acceptors (Lipinski definition) is 5. The number of carbonyl (C=O) groups excluding carboxylic acids is 2. The van der Waals surface area contributed by atoms with Crippen LogP contribution in [0.2, 0.25) is 0 Å². The molecule has 1 heterocycles. The molecule has 0 bridgehead atoms. The maximum atomic E-state index is 12.9. The molecule has 0 radical (unpaired) electrons. The van der Waals surface area contributed by atoms with Crippen LogP contribution in [0.1, 0.15) is 36.3 Å². The van der Waals surface area contributed by atoms with E-state index in [0.717, 1.165) is 11.1 Å². The van der Waals surface area contributed by atoms with Crippen LogP contribution < -0.4 is 5.32 Å². The van der Waals surface area contributed by atoms with Gasteiger partial charge in [0.05, 0.1) is 12.0 Å². The van der Waals surface area contributed by atoms with Gasteiger partial charge in [0.2, 0.25) is 5.91 Å². The summed E-state index contributed by atoms with van der Waals surface area (Å²) < 4.78 is 5.65. The number of aliphatic carboxylic acids is 1. The molecule has 1 saturated heterocycles. The number of carbonyl (C=O) groups is 3. The van der Waals surface area contributed by atoms with Crippen LogP contribution >= 0.6 is 0 Å². The van der Waals surface area contributed by atoms with Gasteiger partial charge in [-0.15, -0.1) is 0 Å². The van der Waals surface area contributed by atoms with Crippen LogP contribution in [-0.2, 0) is 14.3 Å². The second-order valence-electron chi connectivity index (χ2n) is 9.58. The van der Waals surface area contributed by atoms with Crippen LogP contribution in [0.3, 0.4) is 0 Å². The lowest BCUT2D eigenvalue weighted by molar-refractivity contribution is -0.147. The van der Waals surface area contributed by atoms with E-state index in [-0.39, 0.29) is 31.4 Å². The van der Waals surface area contributed by atoms with Crippen molar-refractivity contribution in [3.8, 4) is 11.1 Å². The number of benzene rings is 2. The minimum Gasteiger partial charge on any atom is -0.480 e. The molecule has 3 aliphatic rings.